The Morgan fingerprint density at radius 3 is 1.87 bits per heavy atom. The molecular formula is C49H35N3. The zero-order chi connectivity index (χ0) is 35.0. The van der Waals surface area contributed by atoms with Crippen LogP contribution in [0.3, 0.4) is 0 Å². The van der Waals surface area contributed by atoms with Crippen LogP contribution in [0.2, 0.25) is 0 Å². The van der Waals surface area contributed by atoms with Crippen molar-refractivity contribution in [3.05, 3.63) is 188 Å². The maximum Gasteiger partial charge on any atom is 0.0978 e. The number of nitrogens with zero attached hydrogens (tertiary/aromatic N) is 2. The van der Waals surface area contributed by atoms with E-state index in [9.17, 15) is 0 Å². The summed E-state index contributed by atoms with van der Waals surface area (Å²) in [6.07, 6.45) is 8.15. The van der Waals surface area contributed by atoms with Crippen molar-refractivity contribution in [1.29, 1.82) is 0 Å². The Morgan fingerprint density at radius 1 is 0.538 bits per heavy atom. The molecule has 0 bridgehead atoms. The van der Waals surface area contributed by atoms with Crippen LogP contribution in [0, 0.1) is 0 Å². The molecule has 0 aliphatic rings. The Balaban J connectivity index is 1.24. The van der Waals surface area contributed by atoms with Gasteiger partial charge in [-0.1, -0.05) is 158 Å². The maximum atomic E-state index is 5.47. The minimum Gasteiger partial charge on any atom is -0.355 e. The molecule has 2 aromatic heterocycles. The number of rotatable bonds is 7. The summed E-state index contributed by atoms with van der Waals surface area (Å²) >= 11 is 0. The fraction of sp³-hybridized carbons (Fsp3) is 0.0204. The molecule has 0 aliphatic heterocycles. The lowest BCUT2D eigenvalue weighted by molar-refractivity contribution is 1.40. The summed E-state index contributed by atoms with van der Waals surface area (Å²) in [5, 5.41) is 11.5. The van der Waals surface area contributed by atoms with E-state index in [1.807, 2.05) is 37.3 Å². The third-order valence-electron chi connectivity index (χ3n) is 9.88. The molecular weight excluding hydrogens is 631 g/mol. The number of aromatic nitrogens is 2. The summed E-state index contributed by atoms with van der Waals surface area (Å²) in [4.78, 5) is 10.7. The predicted molar refractivity (Wildman–Crippen MR) is 223 cm³/mol. The standard InChI is InChI=1S/C49H35N3/c1-3-4-6-15-32(2)45-41-22-13-14-23-43(41)51-49-42(45)30-26-35-27-31-44(52-47(35)49)46-37-18-9-11-20-39(37)48(40-21-12-10-19-38(40)46)50-36-28-24-34(25-29-36)33-16-7-5-8-17-33/h3-31,50H,2H2,1H3/b4-3-,15-6-. The Hall–Kier alpha value is -6.84. The van der Waals surface area contributed by atoms with Crippen molar-refractivity contribution >= 4 is 71.2 Å². The third kappa shape index (κ3) is 5.40. The number of hydrogen-bond acceptors (Lipinski definition) is 3. The maximum absolute atomic E-state index is 5.47. The molecule has 0 atom stereocenters. The number of anilines is 2. The van der Waals surface area contributed by atoms with Crippen LogP contribution in [0.25, 0.3) is 82.2 Å². The monoisotopic (exact) mass is 665 g/mol. The number of pyridine rings is 2. The molecule has 0 radical (unpaired) electrons. The molecule has 0 amide bonds. The molecule has 0 saturated heterocycles. The Morgan fingerprint density at radius 2 is 1.15 bits per heavy atom. The SMILES string of the molecule is C=C(/C=C\C=C/C)c1c2ccccc2nc2c1ccc1ccc(-c3c4ccccc4c(Nc4ccc(-c5ccccc5)cc4)c4ccccc34)nc12. The van der Waals surface area contributed by atoms with Gasteiger partial charge in [0, 0.05) is 38.2 Å². The second-order valence-corrected chi connectivity index (χ2v) is 13.1. The van der Waals surface area contributed by atoms with Gasteiger partial charge in [-0.15, -0.1) is 0 Å². The number of allylic oxidation sites excluding steroid dienone is 5. The second kappa shape index (κ2) is 13.1. The highest BCUT2D eigenvalue weighted by Gasteiger charge is 2.19. The molecule has 52 heavy (non-hydrogen) atoms. The van der Waals surface area contributed by atoms with Crippen molar-refractivity contribution in [1.82, 2.24) is 9.97 Å². The van der Waals surface area contributed by atoms with Crippen molar-refractivity contribution in [2.24, 2.45) is 0 Å². The van der Waals surface area contributed by atoms with Gasteiger partial charge in [-0.2, -0.15) is 0 Å². The molecule has 0 spiro atoms. The molecule has 1 N–H and O–H groups in total. The first-order chi connectivity index (χ1) is 25.7. The molecule has 0 unspecified atom stereocenters. The minimum atomic E-state index is 0.875. The van der Waals surface area contributed by atoms with Crippen LogP contribution in [0.4, 0.5) is 11.4 Å². The van der Waals surface area contributed by atoms with Crippen LogP contribution in [0.5, 0.6) is 0 Å². The smallest absolute Gasteiger partial charge is 0.0978 e. The van der Waals surface area contributed by atoms with Gasteiger partial charge >= 0.3 is 0 Å². The second-order valence-electron chi connectivity index (χ2n) is 13.1. The summed E-state index contributed by atoms with van der Waals surface area (Å²) in [6, 6.07) is 53.4. The van der Waals surface area contributed by atoms with Gasteiger partial charge < -0.3 is 5.32 Å². The van der Waals surface area contributed by atoms with Crippen molar-refractivity contribution in [3.63, 3.8) is 0 Å². The Bertz CT molecular complexity index is 2830. The lowest BCUT2D eigenvalue weighted by Gasteiger charge is -2.19. The van der Waals surface area contributed by atoms with Gasteiger partial charge in [0.25, 0.3) is 0 Å². The number of para-hydroxylation sites is 1. The molecule has 0 aliphatic carbocycles. The highest BCUT2D eigenvalue weighted by Crippen LogP contribution is 2.43. The number of benzene rings is 7. The summed E-state index contributed by atoms with van der Waals surface area (Å²) in [5.74, 6) is 0. The van der Waals surface area contributed by atoms with Crippen molar-refractivity contribution in [2.75, 3.05) is 5.32 Å². The summed E-state index contributed by atoms with van der Waals surface area (Å²) in [5.41, 5.74) is 11.2. The molecule has 246 valence electrons. The number of hydrogen-bond donors (Lipinski definition) is 1. The van der Waals surface area contributed by atoms with E-state index < -0.39 is 0 Å². The first kappa shape index (κ1) is 31.2. The first-order valence-corrected chi connectivity index (χ1v) is 17.6. The van der Waals surface area contributed by atoms with Gasteiger partial charge in [-0.25, -0.2) is 9.97 Å². The Labute approximate surface area is 302 Å². The largest absolute Gasteiger partial charge is 0.355 e. The van der Waals surface area contributed by atoms with Crippen LogP contribution < -0.4 is 5.32 Å². The molecule has 0 fully saturated rings. The lowest BCUT2D eigenvalue weighted by Crippen LogP contribution is -1.97. The number of fused-ring (bicyclic) bond motifs is 6. The Kier molecular flexibility index (Phi) is 7.87. The molecule has 3 nitrogen and oxygen atoms in total. The fourth-order valence-electron chi connectivity index (χ4n) is 7.45. The van der Waals surface area contributed by atoms with E-state index in [-0.39, 0.29) is 0 Å². The highest BCUT2D eigenvalue weighted by molar-refractivity contribution is 6.21. The lowest BCUT2D eigenvalue weighted by atomic mass is 9.92. The molecule has 9 aromatic rings. The topological polar surface area (TPSA) is 37.8 Å². The molecule has 9 rings (SSSR count). The molecule has 3 heteroatoms. The van der Waals surface area contributed by atoms with E-state index in [2.05, 4.69) is 157 Å². The summed E-state index contributed by atoms with van der Waals surface area (Å²) in [6.45, 7) is 6.51. The van der Waals surface area contributed by atoms with Gasteiger partial charge in [-0.05, 0) is 64.2 Å². The fourth-order valence-corrected chi connectivity index (χ4v) is 7.45. The number of nitrogens with one attached hydrogen (secondary N) is 1. The van der Waals surface area contributed by atoms with Crippen molar-refractivity contribution < 1.29 is 0 Å². The quantitative estimate of drug-likeness (QED) is 0.105. The van der Waals surface area contributed by atoms with Crippen LogP contribution in [0.1, 0.15) is 12.5 Å². The van der Waals surface area contributed by atoms with Crippen molar-refractivity contribution in [2.45, 2.75) is 6.92 Å². The van der Waals surface area contributed by atoms with Gasteiger partial charge in [0.1, 0.15) is 0 Å². The van der Waals surface area contributed by atoms with E-state index in [4.69, 9.17) is 9.97 Å². The highest BCUT2D eigenvalue weighted by atomic mass is 14.9. The van der Waals surface area contributed by atoms with Crippen LogP contribution >= 0.6 is 0 Å². The van der Waals surface area contributed by atoms with E-state index in [0.29, 0.717) is 0 Å². The van der Waals surface area contributed by atoms with E-state index >= 15 is 0 Å². The van der Waals surface area contributed by atoms with Gasteiger partial charge in [0.2, 0.25) is 0 Å². The normalized spacial score (nSPS) is 11.9. The third-order valence-corrected chi connectivity index (χ3v) is 9.88. The van der Waals surface area contributed by atoms with E-state index in [0.717, 1.165) is 88.0 Å². The van der Waals surface area contributed by atoms with Crippen LogP contribution in [-0.2, 0) is 0 Å². The van der Waals surface area contributed by atoms with Gasteiger partial charge in [0.05, 0.1) is 27.9 Å². The average molecular weight is 666 g/mol. The average Bonchev–Trinajstić information content (AvgIpc) is 3.20. The molecule has 7 aromatic carbocycles. The van der Waals surface area contributed by atoms with Crippen molar-refractivity contribution in [3.8, 4) is 22.4 Å². The van der Waals surface area contributed by atoms with E-state index in [1.165, 1.54) is 11.1 Å². The van der Waals surface area contributed by atoms with E-state index in [1.54, 1.807) is 0 Å². The zero-order valence-corrected chi connectivity index (χ0v) is 28.8. The minimum absolute atomic E-state index is 0.875. The van der Waals surface area contributed by atoms with Gasteiger partial charge in [0.15, 0.2) is 0 Å². The molecule has 2 heterocycles. The first-order valence-electron chi connectivity index (χ1n) is 17.6. The van der Waals surface area contributed by atoms with Gasteiger partial charge in [-0.3, -0.25) is 0 Å². The molecule has 0 saturated carbocycles. The summed E-state index contributed by atoms with van der Waals surface area (Å²) < 4.78 is 0. The zero-order valence-electron chi connectivity index (χ0n) is 28.8. The van der Waals surface area contributed by atoms with Crippen LogP contribution in [-0.4, -0.2) is 9.97 Å². The predicted octanol–water partition coefficient (Wildman–Crippen LogP) is 13.5. The van der Waals surface area contributed by atoms with Crippen LogP contribution in [0.15, 0.2) is 183 Å². The summed E-state index contributed by atoms with van der Waals surface area (Å²) in [7, 11) is 0.